The summed E-state index contributed by atoms with van der Waals surface area (Å²) in [6.07, 6.45) is 8.78. The van der Waals surface area contributed by atoms with Crippen LogP contribution in [0.25, 0.3) is 20.2 Å². The highest BCUT2D eigenvalue weighted by Gasteiger charge is 2.17. The number of nitrogens with zero attached hydrogens (tertiary/aromatic N) is 2. The molecule has 41 heavy (non-hydrogen) atoms. The quantitative estimate of drug-likeness (QED) is 0.193. The van der Waals surface area contributed by atoms with E-state index < -0.39 is 0 Å². The molecule has 0 fully saturated rings. The van der Waals surface area contributed by atoms with E-state index in [9.17, 15) is 4.79 Å². The Labute approximate surface area is 243 Å². The molecule has 198 valence electrons. The number of anilines is 5. The van der Waals surface area contributed by atoms with Crippen LogP contribution in [-0.4, -0.2) is 0 Å². The molecule has 0 atom stereocenters. The van der Waals surface area contributed by atoms with Crippen molar-refractivity contribution >= 4 is 59.9 Å². The van der Waals surface area contributed by atoms with Gasteiger partial charge in [0, 0.05) is 54.3 Å². The lowest BCUT2D eigenvalue weighted by atomic mass is 10.1. The van der Waals surface area contributed by atoms with Crippen LogP contribution in [0, 0.1) is 0 Å². The lowest BCUT2D eigenvalue weighted by molar-refractivity contribution is 0.997. The number of rotatable bonds is 6. The topological polar surface area (TPSA) is 23.6 Å². The highest BCUT2D eigenvalue weighted by atomic mass is 32.1. The van der Waals surface area contributed by atoms with E-state index in [2.05, 4.69) is 125 Å². The third kappa shape index (κ3) is 4.83. The summed E-state index contributed by atoms with van der Waals surface area (Å²) in [4.78, 5) is 18.2. The van der Waals surface area contributed by atoms with Gasteiger partial charge in [0.15, 0.2) is 5.43 Å². The van der Waals surface area contributed by atoms with Crippen molar-refractivity contribution in [2.24, 2.45) is 0 Å². The standard InChI is InChI=1S/C37H28N2OS/c40-37-33-23-21-31(38(27-13-5-1-6-14-27)28-15-7-2-8-16-28)25-35(33)41-36-26-32(22-24-34(36)37)39(29-17-9-3-10-18-29)30-19-11-4-12-20-30/h1-3,5-11,13-26H,4,12H2. The Hall–Kier alpha value is -4.93. The van der Waals surface area contributed by atoms with Crippen LogP contribution >= 0.6 is 11.3 Å². The fraction of sp³-hybridized carbons (Fsp3) is 0.0541. The highest BCUT2D eigenvalue weighted by molar-refractivity contribution is 7.24. The van der Waals surface area contributed by atoms with E-state index in [1.54, 1.807) is 11.3 Å². The first kappa shape index (κ1) is 25.1. The first-order valence-electron chi connectivity index (χ1n) is 13.9. The summed E-state index contributed by atoms with van der Waals surface area (Å²) in [6, 6.07) is 43.5. The van der Waals surface area contributed by atoms with Crippen LogP contribution in [-0.2, 0) is 0 Å². The van der Waals surface area contributed by atoms with Gasteiger partial charge < -0.3 is 9.80 Å². The van der Waals surface area contributed by atoms with E-state index >= 15 is 0 Å². The zero-order valence-electron chi connectivity index (χ0n) is 22.5. The van der Waals surface area contributed by atoms with Crippen molar-refractivity contribution in [2.45, 2.75) is 12.8 Å². The van der Waals surface area contributed by atoms with E-state index in [0.29, 0.717) is 0 Å². The predicted octanol–water partition coefficient (Wildman–Crippen LogP) is 10.3. The van der Waals surface area contributed by atoms with Gasteiger partial charge in [-0.05, 0) is 91.7 Å². The number of benzene rings is 5. The fourth-order valence-electron chi connectivity index (χ4n) is 5.50. The molecule has 5 aromatic carbocycles. The van der Waals surface area contributed by atoms with Gasteiger partial charge in [0.1, 0.15) is 0 Å². The van der Waals surface area contributed by atoms with E-state index in [1.165, 1.54) is 0 Å². The second kappa shape index (κ2) is 10.9. The molecular formula is C37H28N2OS. The molecule has 1 heterocycles. The van der Waals surface area contributed by atoms with Crippen LogP contribution < -0.4 is 15.2 Å². The van der Waals surface area contributed by atoms with Crippen LogP contribution in [0.5, 0.6) is 0 Å². The number of allylic oxidation sites excluding steroid dienone is 3. The fourth-order valence-corrected chi connectivity index (χ4v) is 6.64. The number of hydrogen-bond acceptors (Lipinski definition) is 4. The largest absolute Gasteiger partial charge is 0.311 e. The molecule has 0 radical (unpaired) electrons. The molecule has 1 aromatic heterocycles. The average Bonchev–Trinajstić information content (AvgIpc) is 3.03. The van der Waals surface area contributed by atoms with Crippen molar-refractivity contribution in [1.29, 1.82) is 0 Å². The number of para-hydroxylation sites is 3. The van der Waals surface area contributed by atoms with Gasteiger partial charge in [-0.15, -0.1) is 11.3 Å². The SMILES string of the molecule is O=c1c2ccc(N(C3=CCCC=C3)c3ccccc3)cc2sc2cc(N(c3ccccc3)c3ccccc3)ccc12. The molecule has 0 bridgehead atoms. The third-order valence-corrected chi connectivity index (χ3v) is 8.55. The molecule has 0 aliphatic heterocycles. The lowest BCUT2D eigenvalue weighted by Crippen LogP contribution is -2.16. The van der Waals surface area contributed by atoms with Gasteiger partial charge in [-0.1, -0.05) is 66.7 Å². The monoisotopic (exact) mass is 548 g/mol. The van der Waals surface area contributed by atoms with Crippen LogP contribution in [0.1, 0.15) is 12.8 Å². The van der Waals surface area contributed by atoms with Gasteiger partial charge in [0.05, 0.1) is 0 Å². The zero-order valence-corrected chi connectivity index (χ0v) is 23.3. The predicted molar refractivity (Wildman–Crippen MR) is 175 cm³/mol. The molecule has 7 rings (SSSR count). The molecule has 3 nitrogen and oxygen atoms in total. The van der Waals surface area contributed by atoms with Crippen LogP contribution in [0.3, 0.4) is 0 Å². The molecule has 1 aliphatic rings. The summed E-state index contributed by atoms with van der Waals surface area (Å²) in [5, 5.41) is 1.50. The second-order valence-corrected chi connectivity index (χ2v) is 11.2. The van der Waals surface area contributed by atoms with Gasteiger partial charge in [0.2, 0.25) is 0 Å². The normalized spacial score (nSPS) is 12.8. The molecule has 6 aromatic rings. The van der Waals surface area contributed by atoms with Crippen molar-refractivity contribution in [1.82, 2.24) is 0 Å². The van der Waals surface area contributed by atoms with Crippen molar-refractivity contribution in [2.75, 3.05) is 9.80 Å². The number of fused-ring (bicyclic) bond motifs is 2. The van der Waals surface area contributed by atoms with Crippen molar-refractivity contribution < 1.29 is 0 Å². The Morgan fingerprint density at radius 1 is 0.512 bits per heavy atom. The maximum atomic E-state index is 13.7. The smallest absolute Gasteiger partial charge is 0.195 e. The Morgan fingerprint density at radius 3 is 1.49 bits per heavy atom. The van der Waals surface area contributed by atoms with Crippen LogP contribution in [0.15, 0.2) is 156 Å². The summed E-state index contributed by atoms with van der Waals surface area (Å²) in [6.45, 7) is 0. The molecule has 0 saturated carbocycles. The van der Waals surface area contributed by atoms with Gasteiger partial charge in [-0.3, -0.25) is 4.79 Å². The molecular weight excluding hydrogens is 520 g/mol. The van der Waals surface area contributed by atoms with Gasteiger partial charge in [-0.25, -0.2) is 0 Å². The highest BCUT2D eigenvalue weighted by Crippen LogP contribution is 2.39. The minimum atomic E-state index is 0.0702. The Bertz CT molecular complexity index is 1920. The minimum absolute atomic E-state index is 0.0702. The summed E-state index contributed by atoms with van der Waals surface area (Å²) in [5.74, 6) is 0. The molecule has 0 unspecified atom stereocenters. The van der Waals surface area contributed by atoms with Crippen molar-refractivity contribution in [3.8, 4) is 0 Å². The van der Waals surface area contributed by atoms with E-state index in [-0.39, 0.29) is 5.43 Å². The summed E-state index contributed by atoms with van der Waals surface area (Å²) >= 11 is 1.67. The first-order chi connectivity index (χ1) is 20.3. The van der Waals surface area contributed by atoms with Gasteiger partial charge >= 0.3 is 0 Å². The van der Waals surface area contributed by atoms with Crippen LogP contribution in [0.4, 0.5) is 28.4 Å². The Kier molecular flexibility index (Phi) is 6.67. The van der Waals surface area contributed by atoms with Crippen molar-refractivity contribution in [3.63, 3.8) is 0 Å². The first-order valence-corrected chi connectivity index (χ1v) is 14.7. The molecule has 0 saturated heterocycles. The number of hydrogen-bond donors (Lipinski definition) is 0. The molecule has 0 amide bonds. The van der Waals surface area contributed by atoms with E-state index in [1.807, 2.05) is 30.3 Å². The Balaban J connectivity index is 1.39. The van der Waals surface area contributed by atoms with Crippen molar-refractivity contribution in [3.05, 3.63) is 162 Å². The minimum Gasteiger partial charge on any atom is -0.311 e. The van der Waals surface area contributed by atoms with Crippen LogP contribution in [0.2, 0.25) is 0 Å². The lowest BCUT2D eigenvalue weighted by Gasteiger charge is -2.28. The third-order valence-electron chi connectivity index (χ3n) is 7.43. The molecule has 1 aliphatic carbocycles. The zero-order chi connectivity index (χ0) is 27.6. The molecule has 0 spiro atoms. The van der Waals surface area contributed by atoms with Gasteiger partial charge in [0.25, 0.3) is 0 Å². The average molecular weight is 549 g/mol. The van der Waals surface area contributed by atoms with Gasteiger partial charge in [-0.2, -0.15) is 0 Å². The maximum Gasteiger partial charge on any atom is 0.195 e. The van der Waals surface area contributed by atoms with E-state index in [4.69, 9.17) is 0 Å². The molecule has 4 heteroatoms. The Morgan fingerprint density at radius 2 is 1.00 bits per heavy atom. The summed E-state index contributed by atoms with van der Waals surface area (Å²) in [7, 11) is 0. The second-order valence-electron chi connectivity index (χ2n) is 10.1. The molecule has 0 N–H and O–H groups in total. The van der Waals surface area contributed by atoms with E-state index in [0.717, 1.165) is 67.1 Å². The summed E-state index contributed by atoms with van der Waals surface area (Å²) in [5.41, 5.74) is 6.52. The maximum absolute atomic E-state index is 13.7. The summed E-state index contributed by atoms with van der Waals surface area (Å²) < 4.78 is 1.95.